The lowest BCUT2D eigenvalue weighted by Crippen LogP contribution is -2.20. The molecule has 1 N–H and O–H groups in total. The van der Waals surface area contributed by atoms with Crippen LogP contribution in [0.4, 0.5) is 0 Å². The van der Waals surface area contributed by atoms with Crippen LogP contribution in [0.15, 0.2) is 23.4 Å². The Morgan fingerprint density at radius 1 is 1.38 bits per heavy atom. The molecule has 0 spiro atoms. The summed E-state index contributed by atoms with van der Waals surface area (Å²) in [5.41, 5.74) is 4.06. The van der Waals surface area contributed by atoms with E-state index in [0.29, 0.717) is 19.6 Å². The Morgan fingerprint density at radius 2 is 2.14 bits per heavy atom. The third-order valence-corrected chi connectivity index (χ3v) is 3.29. The van der Waals surface area contributed by atoms with Gasteiger partial charge in [0.1, 0.15) is 7.11 Å². The molecule has 0 fully saturated rings. The van der Waals surface area contributed by atoms with Crippen LogP contribution in [-0.2, 0) is 16.0 Å². The molecule has 0 radical (unpaired) electrons. The van der Waals surface area contributed by atoms with Gasteiger partial charge >= 0.3 is 0 Å². The summed E-state index contributed by atoms with van der Waals surface area (Å²) in [4.78, 5) is 4.84. The van der Waals surface area contributed by atoms with Crippen molar-refractivity contribution in [1.82, 2.24) is 0 Å². The molecule has 1 aromatic carbocycles. The minimum atomic E-state index is -0.502. The smallest absolute Gasteiger partial charge is 0.106 e. The highest BCUT2D eigenvalue weighted by Crippen LogP contribution is 2.16. The molecule has 0 amide bonds. The zero-order chi connectivity index (χ0) is 15.7. The molecule has 0 aliphatic rings. The van der Waals surface area contributed by atoms with E-state index in [1.54, 1.807) is 0 Å². The van der Waals surface area contributed by atoms with E-state index in [1.165, 1.54) is 7.11 Å². The predicted molar refractivity (Wildman–Crippen MR) is 85.8 cm³/mol. The standard InChI is InChI=1S/C17H27NO3/c1-5-6-9-21-12-16(19)11-15-10-13(2)7-8-17(15)14(3)18-20-4/h7-8,10,16,19H,5-6,9,11-12H2,1-4H3/b18-14+. The van der Waals surface area contributed by atoms with Gasteiger partial charge in [-0.3, -0.25) is 0 Å². The van der Waals surface area contributed by atoms with Crippen LogP contribution in [0.3, 0.4) is 0 Å². The highest BCUT2D eigenvalue weighted by Gasteiger charge is 2.12. The van der Waals surface area contributed by atoms with Gasteiger partial charge in [0.25, 0.3) is 0 Å². The van der Waals surface area contributed by atoms with Crippen molar-refractivity contribution in [2.24, 2.45) is 5.16 Å². The van der Waals surface area contributed by atoms with Gasteiger partial charge in [0.2, 0.25) is 0 Å². The van der Waals surface area contributed by atoms with E-state index >= 15 is 0 Å². The summed E-state index contributed by atoms with van der Waals surface area (Å²) in [7, 11) is 1.54. The molecule has 4 heteroatoms. The minimum absolute atomic E-state index is 0.369. The zero-order valence-electron chi connectivity index (χ0n) is 13.6. The van der Waals surface area contributed by atoms with Crippen molar-refractivity contribution in [1.29, 1.82) is 0 Å². The van der Waals surface area contributed by atoms with Gasteiger partial charge in [-0.05, 0) is 25.8 Å². The van der Waals surface area contributed by atoms with Gasteiger partial charge in [-0.15, -0.1) is 0 Å². The summed E-state index contributed by atoms with van der Waals surface area (Å²) < 4.78 is 5.48. The normalized spacial score (nSPS) is 13.3. The van der Waals surface area contributed by atoms with Crippen LogP contribution in [0, 0.1) is 6.92 Å². The van der Waals surface area contributed by atoms with Crippen LogP contribution in [0.1, 0.15) is 43.4 Å². The Hall–Kier alpha value is -1.39. The van der Waals surface area contributed by atoms with Crippen LogP contribution in [-0.4, -0.2) is 37.2 Å². The van der Waals surface area contributed by atoms with Gasteiger partial charge in [0.05, 0.1) is 18.4 Å². The maximum atomic E-state index is 10.1. The number of aliphatic hydroxyl groups is 1. The first-order chi connectivity index (χ1) is 10.1. The Balaban J connectivity index is 2.72. The Labute approximate surface area is 127 Å². The second kappa shape index (κ2) is 9.53. The van der Waals surface area contributed by atoms with Crippen molar-refractivity contribution < 1.29 is 14.7 Å². The van der Waals surface area contributed by atoms with Crippen LogP contribution >= 0.6 is 0 Å². The van der Waals surface area contributed by atoms with E-state index in [9.17, 15) is 5.11 Å². The number of oxime groups is 1. The SMILES string of the molecule is CCCCOCC(O)Cc1cc(C)ccc1/C(C)=N/OC. The second-order valence-electron chi connectivity index (χ2n) is 5.31. The monoisotopic (exact) mass is 293 g/mol. The highest BCUT2D eigenvalue weighted by atomic mass is 16.6. The molecule has 1 unspecified atom stereocenters. The fourth-order valence-corrected chi connectivity index (χ4v) is 2.21. The molecule has 4 nitrogen and oxygen atoms in total. The van der Waals surface area contributed by atoms with Crippen molar-refractivity contribution in [2.75, 3.05) is 20.3 Å². The van der Waals surface area contributed by atoms with E-state index in [2.05, 4.69) is 18.1 Å². The fourth-order valence-electron chi connectivity index (χ4n) is 2.21. The van der Waals surface area contributed by atoms with Gasteiger partial charge in [0.15, 0.2) is 0 Å². The zero-order valence-corrected chi connectivity index (χ0v) is 13.6. The number of ether oxygens (including phenoxy) is 1. The number of aliphatic hydroxyl groups excluding tert-OH is 1. The average Bonchev–Trinajstić information content (AvgIpc) is 2.44. The molecule has 1 rings (SSSR count). The number of unbranched alkanes of at least 4 members (excludes halogenated alkanes) is 1. The van der Waals surface area contributed by atoms with Gasteiger partial charge in [-0.2, -0.15) is 0 Å². The van der Waals surface area contributed by atoms with Gasteiger partial charge < -0.3 is 14.7 Å². The number of benzene rings is 1. The topological polar surface area (TPSA) is 51.0 Å². The molecule has 21 heavy (non-hydrogen) atoms. The molecule has 0 aromatic heterocycles. The van der Waals surface area contributed by atoms with Crippen LogP contribution in [0.5, 0.6) is 0 Å². The van der Waals surface area contributed by atoms with Gasteiger partial charge in [0, 0.05) is 18.6 Å². The van der Waals surface area contributed by atoms with Crippen LogP contribution in [0.25, 0.3) is 0 Å². The third-order valence-electron chi connectivity index (χ3n) is 3.29. The summed E-state index contributed by atoms with van der Waals surface area (Å²) >= 11 is 0. The predicted octanol–water partition coefficient (Wildman–Crippen LogP) is 3.09. The maximum Gasteiger partial charge on any atom is 0.106 e. The first-order valence-electron chi connectivity index (χ1n) is 7.52. The Kier molecular flexibility index (Phi) is 8.01. The third kappa shape index (κ3) is 6.27. The molecule has 0 saturated carbocycles. The Bertz CT molecular complexity index is 457. The van der Waals surface area contributed by atoms with Crippen molar-refractivity contribution >= 4 is 5.71 Å². The number of rotatable bonds is 9. The molecule has 0 bridgehead atoms. The molecular formula is C17H27NO3. The molecule has 1 aromatic rings. The van der Waals surface area contributed by atoms with Crippen molar-refractivity contribution in [3.63, 3.8) is 0 Å². The molecular weight excluding hydrogens is 266 g/mol. The van der Waals surface area contributed by atoms with Crippen LogP contribution in [0.2, 0.25) is 0 Å². The van der Waals surface area contributed by atoms with Crippen molar-refractivity contribution in [3.8, 4) is 0 Å². The van der Waals surface area contributed by atoms with E-state index in [4.69, 9.17) is 9.57 Å². The minimum Gasteiger partial charge on any atom is -0.399 e. The van der Waals surface area contributed by atoms with E-state index in [-0.39, 0.29) is 0 Å². The summed E-state index contributed by atoms with van der Waals surface area (Å²) in [6.45, 7) is 7.14. The summed E-state index contributed by atoms with van der Waals surface area (Å²) in [5, 5.41) is 14.1. The lowest BCUT2D eigenvalue weighted by atomic mass is 9.97. The second-order valence-corrected chi connectivity index (χ2v) is 5.31. The molecule has 1 atom stereocenters. The lowest BCUT2D eigenvalue weighted by Gasteiger charge is -2.15. The highest BCUT2D eigenvalue weighted by molar-refractivity contribution is 5.99. The summed E-state index contributed by atoms with van der Waals surface area (Å²) in [6, 6.07) is 6.14. The maximum absolute atomic E-state index is 10.1. The largest absolute Gasteiger partial charge is 0.399 e. The fraction of sp³-hybridized carbons (Fsp3) is 0.588. The molecule has 0 aliphatic carbocycles. The van der Waals surface area contributed by atoms with Gasteiger partial charge in [-0.1, -0.05) is 42.3 Å². The molecule has 0 saturated heterocycles. The van der Waals surface area contributed by atoms with Crippen molar-refractivity contribution in [3.05, 3.63) is 34.9 Å². The Morgan fingerprint density at radius 3 is 2.81 bits per heavy atom. The quantitative estimate of drug-likeness (QED) is 0.432. The molecule has 0 aliphatic heterocycles. The number of hydrogen-bond acceptors (Lipinski definition) is 4. The average molecular weight is 293 g/mol. The van der Waals surface area contributed by atoms with E-state index < -0.39 is 6.10 Å². The molecule has 118 valence electrons. The van der Waals surface area contributed by atoms with Crippen molar-refractivity contribution in [2.45, 2.75) is 46.1 Å². The summed E-state index contributed by atoms with van der Waals surface area (Å²) in [5.74, 6) is 0. The number of hydrogen-bond donors (Lipinski definition) is 1. The molecule has 0 heterocycles. The van der Waals surface area contributed by atoms with E-state index in [0.717, 1.165) is 35.2 Å². The van der Waals surface area contributed by atoms with E-state index in [1.807, 2.05) is 26.0 Å². The van der Waals surface area contributed by atoms with Gasteiger partial charge in [-0.25, -0.2) is 0 Å². The summed E-state index contributed by atoms with van der Waals surface area (Å²) in [6.07, 6.45) is 2.18. The van der Waals surface area contributed by atoms with Crippen LogP contribution < -0.4 is 0 Å². The number of aryl methyl sites for hydroxylation is 1. The number of nitrogens with zero attached hydrogens (tertiary/aromatic N) is 1. The lowest BCUT2D eigenvalue weighted by molar-refractivity contribution is 0.0359. The first kappa shape index (κ1) is 17.7. The first-order valence-corrected chi connectivity index (χ1v) is 7.52.